The van der Waals surface area contributed by atoms with Gasteiger partial charge in [-0.15, -0.1) is 0 Å². The Hall–Kier alpha value is -3.36. The number of anilines is 1. The Kier molecular flexibility index (Phi) is 9.64. The van der Waals surface area contributed by atoms with Crippen LogP contribution in [0.2, 0.25) is 5.02 Å². The second-order valence-electron chi connectivity index (χ2n) is 9.83. The van der Waals surface area contributed by atoms with Crippen molar-refractivity contribution < 1.29 is 18.0 Å². The predicted molar refractivity (Wildman–Crippen MR) is 154 cm³/mol. The number of benzene rings is 3. The SMILES string of the molecule is C[C@@H](C(=O)NC1CCCCC1)N(Cc1ccccc1)C(=O)CN(c1ccccc1)S(=O)(=O)c1ccc(Cl)cc1. The molecule has 0 radical (unpaired) electrons. The topological polar surface area (TPSA) is 86.8 Å². The molecule has 4 rings (SSSR count). The summed E-state index contributed by atoms with van der Waals surface area (Å²) in [5.41, 5.74) is 1.19. The lowest BCUT2D eigenvalue weighted by Gasteiger charge is -2.33. The Morgan fingerprint density at radius 1 is 0.897 bits per heavy atom. The maximum absolute atomic E-state index is 13.9. The number of carbonyl (C=O) groups excluding carboxylic acids is 2. The highest BCUT2D eigenvalue weighted by Crippen LogP contribution is 2.25. The molecule has 0 heterocycles. The summed E-state index contributed by atoms with van der Waals surface area (Å²) in [4.78, 5) is 28.7. The van der Waals surface area contributed by atoms with Gasteiger partial charge in [0.15, 0.2) is 0 Å². The standard InChI is InChI=1S/C30H34ClN3O4S/c1-23(30(36)32-26-13-7-3-8-14-26)33(21-24-11-5-2-6-12-24)29(35)22-34(27-15-9-4-10-16-27)39(37,38)28-19-17-25(31)18-20-28/h2,4-6,9-12,15-20,23,26H,3,7-8,13-14,21-22H2,1H3,(H,32,36)/t23-/m0/s1. The number of nitrogens with zero attached hydrogens (tertiary/aromatic N) is 2. The van der Waals surface area contributed by atoms with E-state index < -0.39 is 28.5 Å². The van der Waals surface area contributed by atoms with E-state index in [9.17, 15) is 18.0 Å². The van der Waals surface area contributed by atoms with E-state index in [1.165, 1.54) is 29.2 Å². The number of sulfonamides is 1. The Balaban J connectivity index is 1.64. The third-order valence-corrected chi connectivity index (χ3v) is 9.08. The number of halogens is 1. The minimum absolute atomic E-state index is 0.0150. The number of carbonyl (C=O) groups is 2. The molecule has 1 saturated carbocycles. The summed E-state index contributed by atoms with van der Waals surface area (Å²) < 4.78 is 28.6. The Morgan fingerprint density at radius 2 is 1.49 bits per heavy atom. The highest BCUT2D eigenvalue weighted by atomic mass is 35.5. The first-order valence-corrected chi connectivity index (χ1v) is 15.0. The van der Waals surface area contributed by atoms with Gasteiger partial charge in [0.2, 0.25) is 11.8 Å². The first-order chi connectivity index (χ1) is 18.8. The van der Waals surface area contributed by atoms with Crippen molar-refractivity contribution in [3.05, 3.63) is 95.5 Å². The molecule has 2 amide bonds. The van der Waals surface area contributed by atoms with Crippen LogP contribution in [0.5, 0.6) is 0 Å². The Labute approximate surface area is 235 Å². The van der Waals surface area contributed by atoms with Crippen molar-refractivity contribution in [2.75, 3.05) is 10.8 Å². The molecule has 206 valence electrons. The van der Waals surface area contributed by atoms with Crippen molar-refractivity contribution in [1.29, 1.82) is 0 Å². The zero-order chi connectivity index (χ0) is 27.8. The molecule has 0 aromatic heterocycles. The lowest BCUT2D eigenvalue weighted by molar-refractivity contribution is -0.139. The molecule has 0 unspecified atom stereocenters. The maximum atomic E-state index is 13.9. The summed E-state index contributed by atoms with van der Waals surface area (Å²) in [6.07, 6.45) is 5.15. The van der Waals surface area contributed by atoms with Gasteiger partial charge >= 0.3 is 0 Å². The molecule has 1 atom stereocenters. The number of hydrogen-bond donors (Lipinski definition) is 1. The fourth-order valence-electron chi connectivity index (χ4n) is 4.79. The number of para-hydroxylation sites is 1. The number of hydrogen-bond acceptors (Lipinski definition) is 4. The van der Waals surface area contributed by atoms with Crippen LogP contribution in [0.1, 0.15) is 44.6 Å². The molecule has 0 saturated heterocycles. The van der Waals surface area contributed by atoms with E-state index >= 15 is 0 Å². The highest BCUT2D eigenvalue weighted by Gasteiger charge is 2.33. The molecule has 0 bridgehead atoms. The van der Waals surface area contributed by atoms with Gasteiger partial charge in [0.1, 0.15) is 12.6 Å². The summed E-state index contributed by atoms with van der Waals surface area (Å²) in [5.74, 6) is -0.718. The summed E-state index contributed by atoms with van der Waals surface area (Å²) >= 11 is 5.99. The first-order valence-electron chi connectivity index (χ1n) is 13.2. The molecule has 1 aliphatic carbocycles. The molecule has 9 heteroatoms. The van der Waals surface area contributed by atoms with Gasteiger partial charge in [-0.1, -0.05) is 79.4 Å². The second-order valence-corrected chi connectivity index (χ2v) is 12.1. The van der Waals surface area contributed by atoms with Crippen molar-refractivity contribution in [2.24, 2.45) is 0 Å². The maximum Gasteiger partial charge on any atom is 0.264 e. The zero-order valence-corrected chi connectivity index (χ0v) is 23.6. The van der Waals surface area contributed by atoms with Crippen LogP contribution < -0.4 is 9.62 Å². The molecular weight excluding hydrogens is 534 g/mol. The highest BCUT2D eigenvalue weighted by molar-refractivity contribution is 7.92. The van der Waals surface area contributed by atoms with Gasteiger partial charge in [-0.25, -0.2) is 8.42 Å². The van der Waals surface area contributed by atoms with Crippen LogP contribution in [0.3, 0.4) is 0 Å². The molecule has 1 N–H and O–H groups in total. The zero-order valence-electron chi connectivity index (χ0n) is 22.0. The van der Waals surface area contributed by atoms with E-state index in [4.69, 9.17) is 11.6 Å². The Morgan fingerprint density at radius 3 is 2.10 bits per heavy atom. The second kappa shape index (κ2) is 13.1. The Bertz CT molecular complexity index is 1350. The smallest absolute Gasteiger partial charge is 0.264 e. The van der Waals surface area contributed by atoms with Gasteiger partial charge in [-0.2, -0.15) is 0 Å². The van der Waals surface area contributed by atoms with E-state index in [2.05, 4.69) is 5.32 Å². The quantitative estimate of drug-likeness (QED) is 0.355. The minimum Gasteiger partial charge on any atom is -0.352 e. The van der Waals surface area contributed by atoms with Gasteiger partial charge in [-0.3, -0.25) is 13.9 Å². The van der Waals surface area contributed by atoms with Crippen molar-refractivity contribution in [1.82, 2.24) is 10.2 Å². The van der Waals surface area contributed by atoms with Crippen molar-refractivity contribution in [3.8, 4) is 0 Å². The van der Waals surface area contributed by atoms with Gasteiger partial charge in [0.05, 0.1) is 10.6 Å². The van der Waals surface area contributed by atoms with Gasteiger partial charge in [-0.05, 0) is 61.7 Å². The average Bonchev–Trinajstić information content (AvgIpc) is 2.96. The van der Waals surface area contributed by atoms with E-state index in [0.29, 0.717) is 10.7 Å². The molecule has 3 aromatic rings. The van der Waals surface area contributed by atoms with Crippen molar-refractivity contribution in [2.45, 2.75) is 62.6 Å². The van der Waals surface area contributed by atoms with Gasteiger partial charge in [0, 0.05) is 17.6 Å². The monoisotopic (exact) mass is 567 g/mol. The summed E-state index contributed by atoms with van der Waals surface area (Å²) in [6, 6.07) is 23.0. The van der Waals surface area contributed by atoms with Gasteiger partial charge < -0.3 is 10.2 Å². The van der Waals surface area contributed by atoms with Crippen LogP contribution in [-0.4, -0.2) is 43.8 Å². The van der Waals surface area contributed by atoms with Crippen LogP contribution in [0.25, 0.3) is 0 Å². The molecule has 7 nitrogen and oxygen atoms in total. The third kappa shape index (κ3) is 7.40. The minimum atomic E-state index is -4.11. The number of nitrogens with one attached hydrogen (secondary N) is 1. The first kappa shape index (κ1) is 28.6. The van der Waals surface area contributed by atoms with Crippen LogP contribution in [0, 0.1) is 0 Å². The van der Waals surface area contributed by atoms with Crippen LogP contribution in [0.15, 0.2) is 89.8 Å². The fraction of sp³-hybridized carbons (Fsp3) is 0.333. The average molecular weight is 568 g/mol. The van der Waals surface area contributed by atoms with E-state index in [-0.39, 0.29) is 23.4 Å². The van der Waals surface area contributed by atoms with Crippen molar-refractivity contribution in [3.63, 3.8) is 0 Å². The largest absolute Gasteiger partial charge is 0.352 e. The summed E-state index contributed by atoms with van der Waals surface area (Å²) in [7, 11) is -4.11. The summed E-state index contributed by atoms with van der Waals surface area (Å²) in [6.45, 7) is 1.39. The lowest BCUT2D eigenvalue weighted by Crippen LogP contribution is -2.53. The van der Waals surface area contributed by atoms with Crippen molar-refractivity contribution >= 4 is 39.1 Å². The molecule has 0 spiro atoms. The fourth-order valence-corrected chi connectivity index (χ4v) is 6.33. The molecule has 0 aliphatic heterocycles. The predicted octanol–water partition coefficient (Wildman–Crippen LogP) is 5.40. The lowest BCUT2D eigenvalue weighted by atomic mass is 9.95. The van der Waals surface area contributed by atoms with Crippen LogP contribution in [0.4, 0.5) is 5.69 Å². The molecule has 39 heavy (non-hydrogen) atoms. The molecule has 1 fully saturated rings. The van der Waals surface area contributed by atoms with Crippen LogP contribution >= 0.6 is 11.6 Å². The number of rotatable bonds is 10. The molecule has 3 aromatic carbocycles. The molecular formula is C30H34ClN3O4S. The van der Waals surface area contributed by atoms with E-state index in [1.807, 2.05) is 30.3 Å². The van der Waals surface area contributed by atoms with Gasteiger partial charge in [0.25, 0.3) is 10.0 Å². The molecule has 1 aliphatic rings. The summed E-state index contributed by atoms with van der Waals surface area (Å²) in [5, 5.41) is 3.51. The number of amides is 2. The van der Waals surface area contributed by atoms with E-state index in [0.717, 1.165) is 42.0 Å². The van der Waals surface area contributed by atoms with Crippen LogP contribution in [-0.2, 0) is 26.2 Å². The third-order valence-electron chi connectivity index (χ3n) is 7.04. The normalized spacial score (nSPS) is 14.8. The van der Waals surface area contributed by atoms with E-state index in [1.54, 1.807) is 37.3 Å².